The van der Waals surface area contributed by atoms with Gasteiger partial charge in [0.1, 0.15) is 5.78 Å². The smallest absolute Gasteiger partial charge is 0.149 e. The zero-order chi connectivity index (χ0) is 10.5. The second kappa shape index (κ2) is 3.29. The largest absolute Gasteiger partial charge is 0.305 e. The van der Waals surface area contributed by atoms with Crippen LogP contribution in [0.15, 0.2) is 0 Å². The minimum Gasteiger partial charge on any atom is -0.305 e. The van der Waals surface area contributed by atoms with Gasteiger partial charge < -0.3 is 4.90 Å². The van der Waals surface area contributed by atoms with Gasteiger partial charge in [0.15, 0.2) is 0 Å². The van der Waals surface area contributed by atoms with Crippen LogP contribution < -0.4 is 0 Å². The molecule has 3 aliphatic rings. The highest BCUT2D eigenvalue weighted by atomic mass is 16.1. The van der Waals surface area contributed by atoms with Crippen molar-refractivity contribution in [1.82, 2.24) is 9.80 Å². The van der Waals surface area contributed by atoms with E-state index in [9.17, 15) is 4.79 Å². The molecule has 0 radical (unpaired) electrons. The Kier molecular flexibility index (Phi) is 2.15. The van der Waals surface area contributed by atoms with E-state index in [1.807, 2.05) is 0 Å². The van der Waals surface area contributed by atoms with Crippen molar-refractivity contribution in [3.8, 4) is 0 Å². The van der Waals surface area contributed by atoms with Crippen LogP contribution in [0.3, 0.4) is 0 Å². The molecule has 1 aliphatic carbocycles. The molecule has 3 nitrogen and oxygen atoms in total. The predicted molar refractivity (Wildman–Crippen MR) is 58.8 cm³/mol. The highest BCUT2D eigenvalue weighted by Crippen LogP contribution is 2.40. The van der Waals surface area contributed by atoms with Crippen molar-refractivity contribution in [2.45, 2.75) is 31.7 Å². The Hall–Kier alpha value is -0.410. The average Bonchev–Trinajstić information content (AvgIpc) is 2.71. The summed E-state index contributed by atoms with van der Waals surface area (Å²) in [5.41, 5.74) is 0.553. The number of likely N-dealkylation sites (tertiary alicyclic amines) is 2. The van der Waals surface area contributed by atoms with Crippen LogP contribution in [0.4, 0.5) is 0 Å². The van der Waals surface area contributed by atoms with Crippen LogP contribution in [-0.2, 0) is 4.79 Å². The predicted octanol–water partition coefficient (Wildman–Crippen LogP) is 0.745. The van der Waals surface area contributed by atoms with E-state index in [-0.39, 0.29) is 6.04 Å². The average molecular weight is 208 g/mol. The fourth-order valence-electron chi connectivity index (χ4n) is 3.78. The van der Waals surface area contributed by atoms with Gasteiger partial charge in [0.25, 0.3) is 0 Å². The summed E-state index contributed by atoms with van der Waals surface area (Å²) in [5.74, 6) is 0.500. The Balaban J connectivity index is 1.64. The second-order valence-electron chi connectivity index (χ2n) is 5.77. The molecule has 15 heavy (non-hydrogen) atoms. The van der Waals surface area contributed by atoms with Crippen LogP contribution >= 0.6 is 0 Å². The molecular weight excluding hydrogens is 188 g/mol. The van der Waals surface area contributed by atoms with Crippen molar-refractivity contribution in [3.63, 3.8) is 0 Å². The number of rotatable bonds is 1. The van der Waals surface area contributed by atoms with Crippen molar-refractivity contribution in [2.24, 2.45) is 5.41 Å². The number of nitrogens with zero attached hydrogens (tertiary/aromatic N) is 2. The van der Waals surface area contributed by atoms with Crippen molar-refractivity contribution in [3.05, 3.63) is 0 Å². The minimum atomic E-state index is 0.287. The standard InChI is InChI=1S/C12H20N2O/c1-13-7-12(8-13)5-6-14(9-12)10-3-2-4-11(10)15/h10H,2-9H2,1H3. The van der Waals surface area contributed by atoms with Gasteiger partial charge in [0.2, 0.25) is 0 Å². The minimum absolute atomic E-state index is 0.287. The molecule has 0 aromatic carbocycles. The van der Waals surface area contributed by atoms with E-state index >= 15 is 0 Å². The zero-order valence-corrected chi connectivity index (χ0v) is 9.54. The van der Waals surface area contributed by atoms with Crippen molar-refractivity contribution in [1.29, 1.82) is 0 Å². The lowest BCUT2D eigenvalue weighted by Gasteiger charge is -2.46. The van der Waals surface area contributed by atoms with Crippen molar-refractivity contribution >= 4 is 5.78 Å². The normalized spacial score (nSPS) is 36.3. The van der Waals surface area contributed by atoms with E-state index in [1.165, 1.54) is 26.1 Å². The van der Waals surface area contributed by atoms with E-state index in [1.54, 1.807) is 0 Å². The van der Waals surface area contributed by atoms with Gasteiger partial charge in [-0.2, -0.15) is 0 Å². The molecule has 1 unspecified atom stereocenters. The first-order valence-corrected chi connectivity index (χ1v) is 6.14. The van der Waals surface area contributed by atoms with Crippen LogP contribution in [0.5, 0.6) is 0 Å². The molecule has 3 rings (SSSR count). The number of hydrogen-bond donors (Lipinski definition) is 0. The number of Topliss-reactive ketones (excluding diaryl/α,β-unsaturated/α-hetero) is 1. The second-order valence-corrected chi connectivity index (χ2v) is 5.77. The molecule has 1 atom stereocenters. The van der Waals surface area contributed by atoms with Crippen LogP contribution in [0.2, 0.25) is 0 Å². The fourth-order valence-corrected chi connectivity index (χ4v) is 3.78. The van der Waals surface area contributed by atoms with Gasteiger partial charge in [0, 0.05) is 31.5 Å². The first kappa shape index (κ1) is 9.79. The molecular formula is C12H20N2O. The summed E-state index contributed by atoms with van der Waals surface area (Å²) in [7, 11) is 2.19. The first-order chi connectivity index (χ1) is 7.19. The maximum atomic E-state index is 11.7. The summed E-state index contributed by atoms with van der Waals surface area (Å²) >= 11 is 0. The lowest BCUT2D eigenvalue weighted by Crippen LogP contribution is -2.56. The summed E-state index contributed by atoms with van der Waals surface area (Å²) < 4.78 is 0. The fraction of sp³-hybridized carbons (Fsp3) is 0.917. The van der Waals surface area contributed by atoms with E-state index in [0.29, 0.717) is 11.2 Å². The molecule has 3 heteroatoms. The molecule has 0 N–H and O–H groups in total. The van der Waals surface area contributed by atoms with Gasteiger partial charge in [0.05, 0.1) is 6.04 Å². The molecule has 84 valence electrons. The molecule has 0 amide bonds. The third kappa shape index (κ3) is 1.53. The molecule has 1 saturated carbocycles. The number of carbonyl (C=O) groups is 1. The number of ketones is 1. The molecule has 2 saturated heterocycles. The summed E-state index contributed by atoms with van der Waals surface area (Å²) in [4.78, 5) is 16.5. The Morgan fingerprint density at radius 2 is 2.13 bits per heavy atom. The van der Waals surface area contributed by atoms with Gasteiger partial charge in [-0.1, -0.05) is 0 Å². The molecule has 2 aliphatic heterocycles. The van der Waals surface area contributed by atoms with Gasteiger partial charge in [-0.25, -0.2) is 0 Å². The summed E-state index contributed by atoms with van der Waals surface area (Å²) in [5, 5.41) is 0. The van der Waals surface area contributed by atoms with E-state index in [4.69, 9.17) is 0 Å². The van der Waals surface area contributed by atoms with E-state index < -0.39 is 0 Å². The highest BCUT2D eigenvalue weighted by Gasteiger charge is 2.48. The SMILES string of the molecule is CN1CC2(CCN(C3CCCC3=O)C2)C1. The van der Waals surface area contributed by atoms with Gasteiger partial charge in [-0.15, -0.1) is 0 Å². The van der Waals surface area contributed by atoms with Crippen molar-refractivity contribution in [2.75, 3.05) is 33.2 Å². The van der Waals surface area contributed by atoms with Crippen molar-refractivity contribution < 1.29 is 4.79 Å². The monoisotopic (exact) mass is 208 g/mol. The van der Waals surface area contributed by atoms with E-state index in [2.05, 4.69) is 16.8 Å². The lowest BCUT2D eigenvalue weighted by molar-refractivity contribution is -0.121. The third-order valence-electron chi connectivity index (χ3n) is 4.39. The summed E-state index contributed by atoms with van der Waals surface area (Å²) in [6, 6.07) is 0.287. The lowest BCUT2D eigenvalue weighted by atomic mass is 9.79. The van der Waals surface area contributed by atoms with Crippen LogP contribution in [-0.4, -0.2) is 54.9 Å². The number of carbonyl (C=O) groups excluding carboxylic acids is 1. The quantitative estimate of drug-likeness (QED) is 0.635. The Morgan fingerprint density at radius 3 is 2.73 bits per heavy atom. The topological polar surface area (TPSA) is 23.6 Å². The van der Waals surface area contributed by atoms with E-state index in [0.717, 1.165) is 25.8 Å². The maximum Gasteiger partial charge on any atom is 0.149 e. The molecule has 0 aromatic heterocycles. The zero-order valence-electron chi connectivity index (χ0n) is 9.54. The first-order valence-electron chi connectivity index (χ1n) is 6.14. The number of hydrogen-bond acceptors (Lipinski definition) is 3. The van der Waals surface area contributed by atoms with Crippen LogP contribution in [0, 0.1) is 5.41 Å². The Morgan fingerprint density at radius 1 is 1.33 bits per heavy atom. The molecule has 0 aromatic rings. The van der Waals surface area contributed by atoms with Gasteiger partial charge in [-0.05, 0) is 32.9 Å². The maximum absolute atomic E-state index is 11.7. The van der Waals surface area contributed by atoms with Crippen LogP contribution in [0.25, 0.3) is 0 Å². The van der Waals surface area contributed by atoms with Gasteiger partial charge >= 0.3 is 0 Å². The third-order valence-corrected chi connectivity index (χ3v) is 4.39. The molecule has 2 heterocycles. The van der Waals surface area contributed by atoms with Gasteiger partial charge in [-0.3, -0.25) is 9.69 Å². The van der Waals surface area contributed by atoms with Crippen LogP contribution in [0.1, 0.15) is 25.7 Å². The highest BCUT2D eigenvalue weighted by molar-refractivity contribution is 5.85. The Bertz CT molecular complexity index is 283. The summed E-state index contributed by atoms with van der Waals surface area (Å²) in [6.45, 7) is 4.81. The molecule has 1 spiro atoms. The molecule has 0 bridgehead atoms. The summed E-state index contributed by atoms with van der Waals surface area (Å²) in [6.07, 6.45) is 4.37. The molecule has 3 fully saturated rings. The Labute approximate surface area is 91.4 Å².